The molecule has 144 heavy (non-hydrogen) atoms. The summed E-state index contributed by atoms with van der Waals surface area (Å²) in [6.07, 6.45) is 41.7. The number of pyridine rings is 2. The van der Waals surface area contributed by atoms with Gasteiger partial charge in [-0.25, -0.2) is 39.9 Å². The van der Waals surface area contributed by atoms with Gasteiger partial charge in [-0.05, 0) is 211 Å². The molecule has 6 aliphatic rings. The fourth-order valence-electron chi connectivity index (χ4n) is 19.3. The average molecular weight is 2250 g/mol. The average Bonchev–Trinajstić information content (AvgIpc) is 1.59. The van der Waals surface area contributed by atoms with Gasteiger partial charge in [0.2, 0.25) is 0 Å². The van der Waals surface area contributed by atoms with Crippen molar-refractivity contribution in [2.45, 2.75) is 119 Å². The van der Waals surface area contributed by atoms with E-state index in [9.17, 15) is 5.11 Å². The SMILES string of the molecule is Cn1cc(-c2cnn3c(N)c(I)c(C4CCCNC4)nc23)cn1.Cn1cc(-c2cnn3c(N)cc(C4CCCN(CCO)C4)nc23)cn1.N#Cc1ccc(-c2cnn3c(N)c(Br)c(C4CCCNC4)nc23)cn1.N#Cc1ccc(-c2cnn3c(N)cc(C4CCCNC4)nc23)cn1.Nc1c(Br)c(C2CCCNC2)nc2c(-c3cnn(CCO)c3)cnn12.Nc1c(Br)c(C2CCCNC2)nc2c(-c3cnoc3)cnn12. The van der Waals surface area contributed by atoms with E-state index in [1.54, 1.807) is 115 Å². The molecule has 0 radical (unpaired) electrons. The molecule has 24 rings (SSSR count). The Labute approximate surface area is 864 Å². The highest BCUT2D eigenvalue weighted by Crippen LogP contribution is 2.42. The van der Waals surface area contributed by atoms with Crippen molar-refractivity contribution in [1.29, 1.82) is 10.5 Å². The number of nitriles is 2. The summed E-state index contributed by atoms with van der Waals surface area (Å²) in [5.74, 6) is 5.57. The number of hydrogen-bond donors (Lipinski definition) is 13. The van der Waals surface area contributed by atoms with Gasteiger partial charge < -0.3 is 80.6 Å². The topological polar surface area (TPSA) is 594 Å². The molecule has 744 valence electrons. The number of anilines is 6. The first-order valence-electron chi connectivity index (χ1n) is 47.9. The zero-order chi connectivity index (χ0) is 99.8. The first-order valence-corrected chi connectivity index (χ1v) is 51.4. The largest absolute Gasteiger partial charge is 0.395 e. The Morgan fingerprint density at radius 2 is 0.757 bits per heavy atom. The third-order valence-corrected chi connectivity index (χ3v) is 30.4. The normalized spacial score (nSPS) is 18.3. The molecule has 48 heteroatoms. The number of piperidine rings is 6. The lowest BCUT2D eigenvalue weighted by atomic mass is 9.94. The number of halogens is 4. The van der Waals surface area contributed by atoms with Crippen LogP contribution >= 0.6 is 70.4 Å². The summed E-state index contributed by atoms with van der Waals surface area (Å²) in [5, 5.41) is 95.9. The van der Waals surface area contributed by atoms with Gasteiger partial charge in [0.25, 0.3) is 0 Å². The molecular formula is C96H109Br3IN41O3. The van der Waals surface area contributed by atoms with E-state index in [0.29, 0.717) is 101 Å². The van der Waals surface area contributed by atoms with Crippen LogP contribution in [0.2, 0.25) is 0 Å². The summed E-state index contributed by atoms with van der Waals surface area (Å²) in [6, 6.07) is 15.0. The van der Waals surface area contributed by atoms with Crippen molar-refractivity contribution in [3.63, 3.8) is 0 Å². The molecule has 18 aromatic rings. The Morgan fingerprint density at radius 3 is 1.13 bits per heavy atom. The van der Waals surface area contributed by atoms with Crippen molar-refractivity contribution in [3.8, 4) is 78.9 Å². The number of hydrogen-bond acceptors (Lipinski definition) is 35. The second-order valence-corrected chi connectivity index (χ2v) is 39.8. The molecule has 0 bridgehead atoms. The van der Waals surface area contributed by atoms with Crippen LogP contribution in [0, 0.1) is 26.2 Å². The number of β-amino-alcohol motifs (C(OH)–C–C–N with tert-alkyl or cyclic N) is 1. The number of fused-ring (bicyclic) bond motifs is 6. The van der Waals surface area contributed by atoms with Crippen LogP contribution in [-0.4, -0.2) is 245 Å². The summed E-state index contributed by atoms with van der Waals surface area (Å²) in [4.78, 5) is 39.8. The van der Waals surface area contributed by atoms with Crippen LogP contribution < -0.4 is 61.0 Å². The van der Waals surface area contributed by atoms with Crippen LogP contribution in [0.5, 0.6) is 0 Å². The van der Waals surface area contributed by atoms with Gasteiger partial charge in [0.1, 0.15) is 64.7 Å². The van der Waals surface area contributed by atoms with E-state index in [0.717, 1.165) is 295 Å². The molecule has 18 aromatic heterocycles. The fraction of sp³-hybridized carbons (Fsp3) is 0.375. The second kappa shape index (κ2) is 44.8. The van der Waals surface area contributed by atoms with Gasteiger partial charge in [-0.1, -0.05) is 5.16 Å². The van der Waals surface area contributed by atoms with Crippen molar-refractivity contribution in [1.82, 2.24) is 164 Å². The zero-order valence-corrected chi connectivity index (χ0v) is 86.1. The number of aliphatic hydroxyl groups is 2. The van der Waals surface area contributed by atoms with Crippen LogP contribution in [0.4, 0.5) is 34.9 Å². The number of likely N-dealkylation sites (tertiary alicyclic amines) is 1. The van der Waals surface area contributed by atoms with Crippen molar-refractivity contribution < 1.29 is 14.7 Å². The Morgan fingerprint density at radius 1 is 0.396 bits per heavy atom. The third kappa shape index (κ3) is 21.1. The Balaban J connectivity index is 0.000000109. The van der Waals surface area contributed by atoms with Crippen molar-refractivity contribution in [3.05, 3.63) is 198 Å². The molecule has 6 fully saturated rings. The van der Waals surface area contributed by atoms with Gasteiger partial charge in [-0.3, -0.25) is 14.0 Å². The van der Waals surface area contributed by atoms with E-state index in [2.05, 4.69) is 163 Å². The summed E-state index contributed by atoms with van der Waals surface area (Å²) in [5.41, 5.74) is 59.6. The maximum absolute atomic E-state index is 9.20. The summed E-state index contributed by atoms with van der Waals surface area (Å²) < 4.78 is 23.6. The highest BCUT2D eigenvalue weighted by atomic mass is 127. The van der Waals surface area contributed by atoms with Gasteiger partial charge in [0.15, 0.2) is 33.9 Å². The molecule has 6 aliphatic heterocycles. The highest BCUT2D eigenvalue weighted by molar-refractivity contribution is 14.1. The number of aryl methyl sites for hydroxylation is 2. The molecule has 6 saturated heterocycles. The minimum absolute atomic E-state index is 0.0485. The van der Waals surface area contributed by atoms with E-state index in [-0.39, 0.29) is 13.2 Å². The highest BCUT2D eigenvalue weighted by Gasteiger charge is 2.32. The van der Waals surface area contributed by atoms with E-state index in [1.165, 1.54) is 6.42 Å². The van der Waals surface area contributed by atoms with Crippen LogP contribution in [0.15, 0.2) is 154 Å². The van der Waals surface area contributed by atoms with Crippen molar-refractivity contribution >= 4 is 139 Å². The lowest BCUT2D eigenvalue weighted by Crippen LogP contribution is -2.36. The number of nitrogens with zero attached hydrogens (tertiary/aromatic N) is 30. The molecule has 0 spiro atoms. The Bertz CT molecular complexity index is 7640. The van der Waals surface area contributed by atoms with Gasteiger partial charge in [-0.15, -0.1) is 0 Å². The van der Waals surface area contributed by atoms with Gasteiger partial charge in [-0.2, -0.15) is 83.5 Å². The van der Waals surface area contributed by atoms with Gasteiger partial charge in [0.05, 0.1) is 138 Å². The number of nitrogens with one attached hydrogen (secondary N) is 5. The molecule has 19 N–H and O–H groups in total. The Kier molecular flexibility index (Phi) is 30.9. The standard InChI is InChI=1S/C17H16BrN7.C17H23N7O.C17H17N7.C16H20BrN7O.C15H18IN7.C14H15BrN6O/c18-14-15(11-2-1-5-21-7-11)24-17-13(9-23-25(17)16(14)20)10-3-4-12(6-19)22-8-10;1-22-10-13(8-19-22)14-9-20-24-16(18)7-15(21-17(14)24)12-3-2-4-23(11-12)5-6-25;18-7-13-4-3-11(9-21-13)14-10-22-24-16(19)6-15(23-17(14)24)12-2-1-5-20-8-12;17-13-14(10-2-1-3-19-6-10)22-16-12(8-21-24(16)15(13)18)11-7-20-23(9-11)4-5-25;1-22-8-10(6-19-22)11-7-20-23-14(17)12(16)13(21-15(11)23)9-3-2-4-18-5-9;15-11-12(8-2-1-3-17-4-8)20-14-10(9-5-19-22-7-9)6-18-21(14)13(11)16/h3-4,8-9,11,21H,1-2,5,7,20H2;7-10,12,25H,2-6,11,18H2,1H3;3-4,6,9-10,12,20H,1-2,5,8,19H2;7-10,19,25H,1-6,18H2;6-9,18H,2-5,17H2,1H3;5-8,17H,1-4,16H2. The monoisotopic (exact) mass is 2250 g/mol. The maximum Gasteiger partial charge on any atom is 0.165 e. The number of aromatic nitrogens is 27. The molecule has 0 saturated carbocycles. The van der Waals surface area contributed by atoms with E-state index < -0.39 is 0 Å². The van der Waals surface area contributed by atoms with E-state index in [4.69, 9.17) is 84.5 Å². The quantitative estimate of drug-likeness (QED) is 0.0400. The van der Waals surface area contributed by atoms with Crippen LogP contribution in [0.3, 0.4) is 0 Å². The molecule has 6 atom stereocenters. The Hall–Kier alpha value is -13.5. The first kappa shape index (κ1) is 99.2. The molecule has 24 heterocycles. The number of rotatable bonds is 16. The van der Waals surface area contributed by atoms with Crippen LogP contribution in [0.25, 0.3) is 101 Å². The predicted octanol–water partition coefficient (Wildman–Crippen LogP) is 10.4. The van der Waals surface area contributed by atoms with Crippen molar-refractivity contribution in [2.24, 2.45) is 14.1 Å². The third-order valence-electron chi connectivity index (χ3n) is 26.8. The summed E-state index contributed by atoms with van der Waals surface area (Å²) >= 11 is 13.1. The number of aliphatic hydroxyl groups excluding tert-OH is 2. The fourth-order valence-corrected chi connectivity index (χ4v) is 21.8. The molecule has 0 aliphatic carbocycles. The van der Waals surface area contributed by atoms with E-state index >= 15 is 0 Å². The molecule has 44 nitrogen and oxygen atoms in total. The van der Waals surface area contributed by atoms with Crippen LogP contribution in [0.1, 0.15) is 158 Å². The minimum Gasteiger partial charge on any atom is -0.395 e. The molecule has 6 unspecified atom stereocenters. The summed E-state index contributed by atoms with van der Waals surface area (Å²) in [7, 11) is 3.79. The zero-order valence-electron chi connectivity index (χ0n) is 79.2. The first-order chi connectivity index (χ1) is 70.2. The molecule has 0 aromatic carbocycles. The predicted molar refractivity (Wildman–Crippen MR) is 564 cm³/mol. The lowest BCUT2D eigenvalue weighted by Gasteiger charge is -2.32. The second-order valence-electron chi connectivity index (χ2n) is 36.4. The minimum atomic E-state index is 0.0485. The summed E-state index contributed by atoms with van der Waals surface area (Å²) in [6.45, 7) is 13.2. The molecule has 0 amide bonds. The lowest BCUT2D eigenvalue weighted by molar-refractivity contribution is 0.160. The number of nitrogen functional groups attached to an aromatic ring is 6. The molecular weight excluding hydrogens is 2140 g/mol. The van der Waals surface area contributed by atoms with Gasteiger partial charge >= 0.3 is 0 Å². The van der Waals surface area contributed by atoms with Crippen molar-refractivity contribution in [2.75, 3.05) is 133 Å². The number of nitrogens with two attached hydrogens (primary N) is 6. The smallest absolute Gasteiger partial charge is 0.165 e. The van der Waals surface area contributed by atoms with E-state index in [1.807, 2.05) is 87.7 Å². The van der Waals surface area contributed by atoms with Gasteiger partial charge in [0, 0.05) is 200 Å². The van der Waals surface area contributed by atoms with Crippen LogP contribution in [-0.2, 0) is 20.6 Å². The maximum atomic E-state index is 9.20.